The Kier molecular flexibility index (Phi) is 6.18. The largest absolute Gasteiger partial charge is 0.456 e. The number of furan rings is 1. The molecule has 5 aromatic carbocycles. The van der Waals surface area contributed by atoms with Gasteiger partial charge in [-0.1, -0.05) is 111 Å². The molecule has 2 heterocycles. The van der Waals surface area contributed by atoms with Crippen LogP contribution in [0.2, 0.25) is 0 Å². The third-order valence-corrected chi connectivity index (χ3v) is 11.8. The topological polar surface area (TPSA) is 56.4 Å². The van der Waals surface area contributed by atoms with Crippen LogP contribution in [0.3, 0.4) is 0 Å². The van der Waals surface area contributed by atoms with Gasteiger partial charge in [-0.25, -0.2) is 4.99 Å². The van der Waals surface area contributed by atoms with E-state index in [1.807, 2.05) is 6.07 Å². The quantitative estimate of drug-likeness (QED) is 0.119. The fraction of sp³-hybridized carbons (Fsp3) is 0.222. The number of nitrogens with two attached hydrogens (primary N) is 1. The maximum atomic E-state index is 7.17. The average molecular weight is 638 g/mol. The minimum Gasteiger partial charge on any atom is -0.456 e. The van der Waals surface area contributed by atoms with Gasteiger partial charge in [0, 0.05) is 50.7 Å². The van der Waals surface area contributed by atoms with E-state index in [1.54, 1.807) is 0 Å². The van der Waals surface area contributed by atoms with Crippen molar-refractivity contribution in [3.63, 3.8) is 0 Å². The van der Waals surface area contributed by atoms with Crippen LogP contribution >= 0.6 is 0 Å². The summed E-state index contributed by atoms with van der Waals surface area (Å²) in [6.45, 7) is 4.59. The number of fused-ring (bicyclic) bond motifs is 10. The number of aromatic nitrogens is 1. The van der Waals surface area contributed by atoms with Crippen LogP contribution in [-0.4, -0.2) is 10.4 Å². The van der Waals surface area contributed by atoms with Gasteiger partial charge in [0.1, 0.15) is 17.0 Å². The van der Waals surface area contributed by atoms with Gasteiger partial charge >= 0.3 is 0 Å². The molecule has 49 heavy (non-hydrogen) atoms. The number of nitrogens with zero attached hydrogens (tertiary/aromatic N) is 2. The van der Waals surface area contributed by atoms with Crippen molar-refractivity contribution in [3.8, 4) is 11.3 Å². The second-order valence-corrected chi connectivity index (χ2v) is 14.8. The summed E-state index contributed by atoms with van der Waals surface area (Å²) in [6, 6.07) is 37.4. The Labute approximate surface area is 286 Å². The summed E-state index contributed by atoms with van der Waals surface area (Å²) < 4.78 is 9.11. The molecule has 4 nitrogen and oxygen atoms in total. The molecule has 0 fully saturated rings. The van der Waals surface area contributed by atoms with Gasteiger partial charge in [-0.05, 0) is 71.7 Å². The minimum atomic E-state index is -0.161. The van der Waals surface area contributed by atoms with Crippen LogP contribution in [0.15, 0.2) is 136 Å². The molecule has 3 aliphatic carbocycles. The number of rotatable bonds is 3. The molecule has 0 bridgehead atoms. The number of hydrogen-bond acceptors (Lipinski definition) is 3. The fourth-order valence-electron chi connectivity index (χ4n) is 9.23. The van der Waals surface area contributed by atoms with Crippen LogP contribution in [0, 0.1) is 17.3 Å². The van der Waals surface area contributed by atoms with E-state index in [0.29, 0.717) is 18.3 Å². The van der Waals surface area contributed by atoms with Gasteiger partial charge < -0.3 is 10.2 Å². The van der Waals surface area contributed by atoms with Crippen molar-refractivity contribution < 1.29 is 4.42 Å². The molecule has 2 aromatic heterocycles. The van der Waals surface area contributed by atoms with Crippen molar-refractivity contribution in [2.24, 2.45) is 28.0 Å². The molecular weight excluding hydrogens is 599 g/mol. The van der Waals surface area contributed by atoms with Crippen molar-refractivity contribution in [3.05, 3.63) is 143 Å². The predicted molar refractivity (Wildman–Crippen MR) is 203 cm³/mol. The van der Waals surface area contributed by atoms with Crippen LogP contribution < -0.4 is 5.73 Å². The van der Waals surface area contributed by atoms with Gasteiger partial charge in [0.15, 0.2) is 0 Å². The Hall–Kier alpha value is -5.35. The van der Waals surface area contributed by atoms with E-state index >= 15 is 0 Å². The Morgan fingerprint density at radius 3 is 2.53 bits per heavy atom. The number of aryl methyl sites for hydroxylation is 2. The highest BCUT2D eigenvalue weighted by Gasteiger charge is 2.47. The molecule has 2 N–H and O–H groups in total. The molecule has 0 saturated heterocycles. The third kappa shape index (κ3) is 4.19. The number of allylic oxidation sites excluding steroid dienone is 4. The molecule has 0 amide bonds. The van der Waals surface area contributed by atoms with Gasteiger partial charge in [-0.3, -0.25) is 4.57 Å². The predicted octanol–water partition coefficient (Wildman–Crippen LogP) is 10.7. The first-order chi connectivity index (χ1) is 24.0. The molecule has 10 rings (SSSR count). The van der Waals surface area contributed by atoms with Gasteiger partial charge in [-0.2, -0.15) is 0 Å². The van der Waals surface area contributed by atoms with E-state index in [1.165, 1.54) is 44.1 Å². The second-order valence-electron chi connectivity index (χ2n) is 14.8. The van der Waals surface area contributed by atoms with E-state index in [4.69, 9.17) is 15.1 Å². The summed E-state index contributed by atoms with van der Waals surface area (Å²) in [5, 5.41) is 6.09. The third-order valence-electron chi connectivity index (χ3n) is 11.8. The van der Waals surface area contributed by atoms with Crippen molar-refractivity contribution in [1.82, 2.24) is 4.57 Å². The van der Waals surface area contributed by atoms with Crippen LogP contribution in [-0.2, 0) is 19.3 Å². The lowest BCUT2D eigenvalue weighted by Gasteiger charge is -2.31. The van der Waals surface area contributed by atoms with E-state index in [0.717, 1.165) is 70.4 Å². The van der Waals surface area contributed by atoms with Gasteiger partial charge in [0.25, 0.3) is 0 Å². The molecule has 0 aliphatic heterocycles. The Balaban J connectivity index is 1.29. The number of aliphatic imine (C=N–C) groups is 1. The normalized spacial score (nSPS) is 20.0. The summed E-state index contributed by atoms with van der Waals surface area (Å²) >= 11 is 0. The molecule has 0 radical (unpaired) electrons. The van der Waals surface area contributed by atoms with Crippen LogP contribution in [0.4, 0.5) is 0 Å². The van der Waals surface area contributed by atoms with Gasteiger partial charge in [-0.15, -0.1) is 0 Å². The second kappa shape index (κ2) is 10.6. The maximum Gasteiger partial charge on any atom is 0.139 e. The maximum absolute atomic E-state index is 7.17. The number of hydrogen-bond donors (Lipinski definition) is 1. The summed E-state index contributed by atoms with van der Waals surface area (Å²) in [6.07, 6.45) is 9.48. The van der Waals surface area contributed by atoms with E-state index < -0.39 is 0 Å². The zero-order valence-electron chi connectivity index (χ0n) is 28.0. The molecule has 2 atom stereocenters. The van der Waals surface area contributed by atoms with Crippen LogP contribution in [0.25, 0.3) is 54.9 Å². The van der Waals surface area contributed by atoms with Crippen LogP contribution in [0.1, 0.15) is 43.4 Å². The molecule has 240 valence electrons. The summed E-state index contributed by atoms with van der Waals surface area (Å²) in [7, 11) is 0. The zero-order valence-corrected chi connectivity index (χ0v) is 28.0. The molecular formula is C45H39N3O. The molecule has 7 aromatic rings. The Morgan fingerprint density at radius 2 is 1.63 bits per heavy atom. The highest BCUT2D eigenvalue weighted by molar-refractivity contribution is 6.11. The lowest BCUT2D eigenvalue weighted by Crippen LogP contribution is -2.27. The fourth-order valence-corrected chi connectivity index (χ4v) is 9.23. The summed E-state index contributed by atoms with van der Waals surface area (Å²) in [4.78, 5) is 5.80. The monoisotopic (exact) mass is 637 g/mol. The number of para-hydroxylation sites is 2. The number of benzene rings is 5. The summed E-state index contributed by atoms with van der Waals surface area (Å²) in [5.74, 6) is 1.64. The lowest BCUT2D eigenvalue weighted by molar-refractivity contribution is 0.270. The molecule has 0 saturated carbocycles. The summed E-state index contributed by atoms with van der Waals surface area (Å²) in [5.41, 5.74) is 18.5. The molecule has 4 heteroatoms. The highest BCUT2D eigenvalue weighted by Crippen LogP contribution is 2.53. The highest BCUT2D eigenvalue weighted by atomic mass is 16.3. The van der Waals surface area contributed by atoms with Crippen LogP contribution in [0.5, 0.6) is 0 Å². The molecule has 2 unspecified atom stereocenters. The standard InChI is InChI=1S/C45H39N3O/c1-45(2)37-20-9-7-18-35(37)41(44(45)46)47-40(26-30-15-11-19-34-32-17-8-10-21-39(32)49-43(30)34)48-38-25-29-14-4-3-13-28(29)24-36(38)33-23-22-27-12-5-6-16-31(27)42(33)48/h3-6,8-17,19-21,24-25,35,37H,7,18,22-23,26,46H2,1-2H3. The van der Waals surface area contributed by atoms with Gasteiger partial charge in [0.05, 0.1) is 16.9 Å². The smallest absolute Gasteiger partial charge is 0.139 e. The van der Waals surface area contributed by atoms with Crippen molar-refractivity contribution in [2.75, 3.05) is 0 Å². The first-order valence-corrected chi connectivity index (χ1v) is 17.8. The first kappa shape index (κ1) is 28.6. The van der Waals surface area contributed by atoms with Crippen molar-refractivity contribution >= 4 is 49.4 Å². The molecule has 3 aliphatic rings. The van der Waals surface area contributed by atoms with Gasteiger partial charge in [0.2, 0.25) is 0 Å². The molecule has 0 spiro atoms. The SMILES string of the molecule is CC1(C)C(N)=C(N=C(Cc2cccc3c2oc2ccccc23)n2c3c(c4cc5ccccc5cc42)CCc2ccccc2-3)C2CCC=CC21. The lowest BCUT2D eigenvalue weighted by atomic mass is 9.73. The van der Waals surface area contributed by atoms with E-state index in [9.17, 15) is 0 Å². The van der Waals surface area contributed by atoms with E-state index in [-0.39, 0.29) is 5.41 Å². The van der Waals surface area contributed by atoms with Crippen molar-refractivity contribution in [1.29, 1.82) is 0 Å². The zero-order chi connectivity index (χ0) is 32.9. The Morgan fingerprint density at radius 1 is 0.857 bits per heavy atom. The van der Waals surface area contributed by atoms with Crippen molar-refractivity contribution in [2.45, 2.75) is 46.0 Å². The van der Waals surface area contributed by atoms with E-state index in [2.05, 4.69) is 128 Å². The minimum absolute atomic E-state index is 0.161. The first-order valence-electron chi connectivity index (χ1n) is 17.8. The average Bonchev–Trinajstić information content (AvgIpc) is 3.74. The Bertz CT molecular complexity index is 2590.